The second kappa shape index (κ2) is 4.96. The maximum absolute atomic E-state index is 5.88. The molecule has 1 aromatic carbocycles. The number of anilines is 1. The molecule has 3 nitrogen and oxygen atoms in total. The summed E-state index contributed by atoms with van der Waals surface area (Å²) in [7, 11) is 1.91. The highest BCUT2D eigenvalue weighted by Gasteiger charge is 2.31. The van der Waals surface area contributed by atoms with Gasteiger partial charge in [0.2, 0.25) is 0 Å². The molecular weight excluding hydrogens is 214 g/mol. The van der Waals surface area contributed by atoms with Crippen LogP contribution >= 0.6 is 0 Å². The molecule has 1 aromatic rings. The smallest absolute Gasteiger partial charge is 0.119 e. The van der Waals surface area contributed by atoms with Crippen molar-refractivity contribution in [3.63, 3.8) is 0 Å². The zero-order valence-corrected chi connectivity index (χ0v) is 10.8. The van der Waals surface area contributed by atoms with Crippen LogP contribution in [0.2, 0.25) is 0 Å². The van der Waals surface area contributed by atoms with E-state index in [-0.39, 0.29) is 11.7 Å². The molecule has 0 radical (unpaired) electrons. The Labute approximate surface area is 103 Å². The predicted molar refractivity (Wildman–Crippen MR) is 69.7 cm³/mol. The van der Waals surface area contributed by atoms with E-state index in [1.165, 1.54) is 0 Å². The molecule has 1 saturated heterocycles. The third-order valence-corrected chi connectivity index (χ3v) is 3.13. The maximum atomic E-state index is 5.88. The fourth-order valence-electron chi connectivity index (χ4n) is 2.10. The van der Waals surface area contributed by atoms with E-state index in [1.807, 2.05) is 31.3 Å². The lowest BCUT2D eigenvalue weighted by atomic mass is 10.1. The highest BCUT2D eigenvalue weighted by Crippen LogP contribution is 2.29. The first-order valence-electron chi connectivity index (χ1n) is 6.17. The van der Waals surface area contributed by atoms with Gasteiger partial charge in [0.1, 0.15) is 12.4 Å². The van der Waals surface area contributed by atoms with Crippen LogP contribution in [0.5, 0.6) is 5.75 Å². The SMILES string of the molecule is CNc1ccc(OCC2CCC(C)(C)O2)cc1. The van der Waals surface area contributed by atoms with Gasteiger partial charge in [0, 0.05) is 12.7 Å². The molecule has 1 unspecified atom stereocenters. The van der Waals surface area contributed by atoms with Gasteiger partial charge in [-0.1, -0.05) is 0 Å². The molecule has 0 bridgehead atoms. The van der Waals surface area contributed by atoms with E-state index in [4.69, 9.17) is 9.47 Å². The van der Waals surface area contributed by atoms with Crippen LogP contribution in [0, 0.1) is 0 Å². The molecule has 1 heterocycles. The molecule has 1 aliphatic rings. The summed E-state index contributed by atoms with van der Waals surface area (Å²) in [6.45, 7) is 4.91. The van der Waals surface area contributed by atoms with E-state index in [0.717, 1.165) is 24.3 Å². The summed E-state index contributed by atoms with van der Waals surface area (Å²) < 4.78 is 11.6. The van der Waals surface area contributed by atoms with Crippen LogP contribution in [-0.4, -0.2) is 25.4 Å². The Morgan fingerprint density at radius 3 is 2.59 bits per heavy atom. The molecule has 2 rings (SSSR count). The highest BCUT2D eigenvalue weighted by molar-refractivity contribution is 5.45. The predicted octanol–water partition coefficient (Wildman–Crippen LogP) is 3.06. The average Bonchev–Trinajstić information content (AvgIpc) is 2.67. The fourth-order valence-corrected chi connectivity index (χ4v) is 2.10. The molecular formula is C14H21NO2. The number of benzene rings is 1. The van der Waals surface area contributed by atoms with E-state index in [1.54, 1.807) is 0 Å². The van der Waals surface area contributed by atoms with Crippen molar-refractivity contribution in [2.45, 2.75) is 38.4 Å². The van der Waals surface area contributed by atoms with Crippen molar-refractivity contribution >= 4 is 5.69 Å². The Kier molecular flexibility index (Phi) is 3.57. The van der Waals surface area contributed by atoms with Crippen molar-refractivity contribution in [3.8, 4) is 5.75 Å². The lowest BCUT2D eigenvalue weighted by molar-refractivity contribution is -0.0326. The van der Waals surface area contributed by atoms with Crippen LogP contribution in [0.25, 0.3) is 0 Å². The summed E-state index contributed by atoms with van der Waals surface area (Å²) >= 11 is 0. The lowest BCUT2D eigenvalue weighted by Crippen LogP contribution is -2.23. The molecule has 1 atom stereocenters. The minimum atomic E-state index is 0.0179. The Morgan fingerprint density at radius 2 is 2.06 bits per heavy atom. The van der Waals surface area contributed by atoms with Crippen LogP contribution in [0.1, 0.15) is 26.7 Å². The number of hydrogen-bond acceptors (Lipinski definition) is 3. The van der Waals surface area contributed by atoms with Crippen molar-refractivity contribution in [2.24, 2.45) is 0 Å². The van der Waals surface area contributed by atoms with Gasteiger partial charge in [0.05, 0.1) is 11.7 Å². The van der Waals surface area contributed by atoms with Crippen LogP contribution < -0.4 is 10.1 Å². The summed E-state index contributed by atoms with van der Waals surface area (Å²) in [6.07, 6.45) is 2.43. The minimum absolute atomic E-state index is 0.0179. The van der Waals surface area contributed by atoms with E-state index in [2.05, 4.69) is 19.2 Å². The molecule has 0 aliphatic carbocycles. The molecule has 1 fully saturated rings. The van der Waals surface area contributed by atoms with Gasteiger partial charge in [0.15, 0.2) is 0 Å². The number of nitrogens with one attached hydrogen (secondary N) is 1. The second-order valence-electron chi connectivity index (χ2n) is 5.12. The van der Waals surface area contributed by atoms with E-state index in [9.17, 15) is 0 Å². The summed E-state index contributed by atoms with van der Waals surface area (Å²) in [5.41, 5.74) is 1.11. The summed E-state index contributed by atoms with van der Waals surface area (Å²) in [4.78, 5) is 0. The van der Waals surface area contributed by atoms with Crippen LogP contribution in [0.3, 0.4) is 0 Å². The zero-order chi connectivity index (χ0) is 12.3. The number of ether oxygens (including phenoxy) is 2. The van der Waals surface area contributed by atoms with Crippen LogP contribution in [-0.2, 0) is 4.74 Å². The molecule has 17 heavy (non-hydrogen) atoms. The van der Waals surface area contributed by atoms with E-state index >= 15 is 0 Å². The summed E-state index contributed by atoms with van der Waals surface area (Å²) in [5.74, 6) is 0.900. The Bertz CT molecular complexity index is 359. The molecule has 3 heteroatoms. The van der Waals surface area contributed by atoms with Gasteiger partial charge in [0.25, 0.3) is 0 Å². The first kappa shape index (κ1) is 12.2. The fraction of sp³-hybridized carbons (Fsp3) is 0.571. The van der Waals surface area contributed by atoms with Gasteiger partial charge >= 0.3 is 0 Å². The molecule has 1 aliphatic heterocycles. The molecule has 94 valence electrons. The third-order valence-electron chi connectivity index (χ3n) is 3.13. The van der Waals surface area contributed by atoms with Gasteiger partial charge in [-0.15, -0.1) is 0 Å². The van der Waals surface area contributed by atoms with Gasteiger partial charge in [-0.05, 0) is 51.0 Å². The van der Waals surface area contributed by atoms with Crippen molar-refractivity contribution in [1.82, 2.24) is 0 Å². The highest BCUT2D eigenvalue weighted by atomic mass is 16.6. The lowest BCUT2D eigenvalue weighted by Gasteiger charge is -2.19. The first-order chi connectivity index (χ1) is 8.09. The van der Waals surface area contributed by atoms with Crippen LogP contribution in [0.4, 0.5) is 5.69 Å². The van der Waals surface area contributed by atoms with Gasteiger partial charge in [-0.25, -0.2) is 0 Å². The van der Waals surface area contributed by atoms with Crippen molar-refractivity contribution < 1.29 is 9.47 Å². The van der Waals surface area contributed by atoms with Gasteiger partial charge < -0.3 is 14.8 Å². The topological polar surface area (TPSA) is 30.5 Å². The standard InChI is InChI=1S/C14H21NO2/c1-14(2)9-8-13(17-14)10-16-12-6-4-11(15-3)5-7-12/h4-7,13,15H,8-10H2,1-3H3. The van der Waals surface area contributed by atoms with Crippen molar-refractivity contribution in [1.29, 1.82) is 0 Å². The summed E-state index contributed by atoms with van der Waals surface area (Å²) in [6, 6.07) is 7.97. The van der Waals surface area contributed by atoms with Crippen molar-refractivity contribution in [2.75, 3.05) is 19.0 Å². The number of rotatable bonds is 4. The van der Waals surface area contributed by atoms with E-state index < -0.39 is 0 Å². The minimum Gasteiger partial charge on any atom is -0.491 e. The maximum Gasteiger partial charge on any atom is 0.119 e. The Balaban J connectivity index is 1.82. The average molecular weight is 235 g/mol. The molecule has 0 aromatic heterocycles. The molecule has 0 saturated carbocycles. The quantitative estimate of drug-likeness (QED) is 0.870. The molecule has 0 amide bonds. The monoisotopic (exact) mass is 235 g/mol. The van der Waals surface area contributed by atoms with Crippen molar-refractivity contribution in [3.05, 3.63) is 24.3 Å². The summed E-state index contributed by atoms with van der Waals surface area (Å²) in [5, 5.41) is 3.08. The third kappa shape index (κ3) is 3.37. The number of hydrogen-bond donors (Lipinski definition) is 1. The van der Waals surface area contributed by atoms with Crippen LogP contribution in [0.15, 0.2) is 24.3 Å². The largest absolute Gasteiger partial charge is 0.491 e. The Hall–Kier alpha value is -1.22. The van der Waals surface area contributed by atoms with E-state index in [0.29, 0.717) is 6.61 Å². The molecule has 1 N–H and O–H groups in total. The first-order valence-corrected chi connectivity index (χ1v) is 6.17. The zero-order valence-electron chi connectivity index (χ0n) is 10.8. The Morgan fingerprint density at radius 1 is 1.35 bits per heavy atom. The second-order valence-corrected chi connectivity index (χ2v) is 5.12. The van der Waals surface area contributed by atoms with Gasteiger partial charge in [-0.2, -0.15) is 0 Å². The normalized spacial score (nSPS) is 22.4. The molecule has 0 spiro atoms. The van der Waals surface area contributed by atoms with Gasteiger partial charge in [-0.3, -0.25) is 0 Å².